The number of thioether (sulfide) groups is 1. The minimum absolute atomic E-state index is 0.0977. The van der Waals surface area contributed by atoms with Crippen molar-refractivity contribution in [2.24, 2.45) is 0 Å². The molecule has 0 aliphatic heterocycles. The fourth-order valence-corrected chi connectivity index (χ4v) is 3.18. The third kappa shape index (κ3) is 4.45. The van der Waals surface area contributed by atoms with Crippen LogP contribution < -0.4 is 5.32 Å². The molecule has 1 aromatic heterocycles. The summed E-state index contributed by atoms with van der Waals surface area (Å²) in [6, 6.07) is 10.6. The number of hydrogen-bond acceptors (Lipinski definition) is 3. The minimum atomic E-state index is -4.24. The first-order valence-electron chi connectivity index (χ1n) is 6.02. The van der Waals surface area contributed by atoms with E-state index in [4.69, 9.17) is 0 Å². The van der Waals surface area contributed by atoms with Gasteiger partial charge in [0.1, 0.15) is 0 Å². The van der Waals surface area contributed by atoms with Crippen LogP contribution in [0.3, 0.4) is 0 Å². The van der Waals surface area contributed by atoms with Gasteiger partial charge in [0.05, 0.1) is 6.04 Å². The Hall–Kier alpha value is -1.14. The van der Waals surface area contributed by atoms with Gasteiger partial charge in [0.25, 0.3) is 0 Å². The minimum Gasteiger partial charge on any atom is -0.378 e. The maximum Gasteiger partial charge on any atom is 0.446 e. The highest BCUT2D eigenvalue weighted by molar-refractivity contribution is 8.00. The van der Waals surface area contributed by atoms with Crippen LogP contribution in [0.1, 0.15) is 22.7 Å². The summed E-state index contributed by atoms with van der Waals surface area (Å²) in [5.74, 6) is 0. The van der Waals surface area contributed by atoms with Crippen LogP contribution in [0.15, 0.2) is 41.3 Å². The first-order chi connectivity index (χ1) is 9.33. The van der Waals surface area contributed by atoms with Crippen LogP contribution in [0.2, 0.25) is 0 Å². The topological polar surface area (TPSA) is 12.0 Å². The number of rotatable bonds is 4. The molecule has 0 saturated heterocycles. The van der Waals surface area contributed by atoms with Crippen molar-refractivity contribution in [3.05, 3.63) is 46.2 Å². The molecule has 1 nitrogen and oxygen atoms in total. The molecule has 0 spiro atoms. The van der Waals surface area contributed by atoms with Gasteiger partial charge < -0.3 is 5.32 Å². The van der Waals surface area contributed by atoms with Crippen molar-refractivity contribution >= 4 is 28.8 Å². The van der Waals surface area contributed by atoms with Gasteiger partial charge in [-0.25, -0.2) is 0 Å². The van der Waals surface area contributed by atoms with Gasteiger partial charge in [0.15, 0.2) is 0 Å². The Morgan fingerprint density at radius 3 is 2.25 bits per heavy atom. The van der Waals surface area contributed by atoms with Gasteiger partial charge in [0, 0.05) is 20.3 Å². The molecule has 6 heteroatoms. The number of anilines is 1. The Labute approximate surface area is 124 Å². The molecule has 0 radical (unpaired) electrons. The van der Waals surface area contributed by atoms with E-state index in [1.54, 1.807) is 23.5 Å². The lowest BCUT2D eigenvalue weighted by molar-refractivity contribution is -0.0328. The fraction of sp³-hybridized carbons (Fsp3) is 0.286. The lowest BCUT2D eigenvalue weighted by Crippen LogP contribution is -2.04. The quantitative estimate of drug-likeness (QED) is 0.711. The summed E-state index contributed by atoms with van der Waals surface area (Å²) in [5.41, 5.74) is -3.42. The van der Waals surface area contributed by atoms with Crippen LogP contribution >= 0.6 is 23.1 Å². The Morgan fingerprint density at radius 1 is 1.10 bits per heavy atom. The molecule has 108 valence electrons. The molecule has 1 atom stereocenters. The molecule has 2 rings (SSSR count). The molecule has 0 amide bonds. The Morgan fingerprint density at radius 2 is 1.75 bits per heavy atom. The summed E-state index contributed by atoms with van der Waals surface area (Å²) < 4.78 is 36.7. The van der Waals surface area contributed by atoms with Crippen molar-refractivity contribution < 1.29 is 13.2 Å². The van der Waals surface area contributed by atoms with Crippen molar-refractivity contribution in [2.45, 2.75) is 30.3 Å². The van der Waals surface area contributed by atoms with E-state index in [9.17, 15) is 13.2 Å². The number of hydrogen-bond donors (Lipinski definition) is 1. The molecule has 0 saturated carbocycles. The predicted octanol–water partition coefficient (Wildman–Crippen LogP) is 5.84. The molecule has 0 aliphatic rings. The lowest BCUT2D eigenvalue weighted by Gasteiger charge is -2.14. The first kappa shape index (κ1) is 15.3. The molecular formula is C14H14F3NS2. The van der Waals surface area contributed by atoms with E-state index in [2.05, 4.69) is 17.4 Å². The number of alkyl halides is 3. The highest BCUT2D eigenvalue weighted by Crippen LogP contribution is 2.37. The monoisotopic (exact) mass is 317 g/mol. The molecule has 2 aromatic rings. The second-order valence-electron chi connectivity index (χ2n) is 4.39. The van der Waals surface area contributed by atoms with E-state index >= 15 is 0 Å². The van der Waals surface area contributed by atoms with Crippen LogP contribution in [0.4, 0.5) is 18.9 Å². The number of thiophene rings is 1. The summed E-state index contributed by atoms with van der Waals surface area (Å²) in [6.45, 7) is 4.08. The van der Waals surface area contributed by atoms with Crippen LogP contribution in [-0.2, 0) is 0 Å². The van der Waals surface area contributed by atoms with Crippen LogP contribution in [0, 0.1) is 6.92 Å². The average molecular weight is 317 g/mol. The van der Waals surface area contributed by atoms with Gasteiger partial charge in [-0.1, -0.05) is 0 Å². The highest BCUT2D eigenvalue weighted by Gasteiger charge is 2.29. The number of aryl methyl sites for hydroxylation is 1. The normalized spacial score (nSPS) is 13.2. The van der Waals surface area contributed by atoms with Crippen LogP contribution in [0.25, 0.3) is 0 Å². The Kier molecular flexibility index (Phi) is 4.65. The first-order valence-corrected chi connectivity index (χ1v) is 7.65. The molecule has 20 heavy (non-hydrogen) atoms. The van der Waals surface area contributed by atoms with Crippen LogP contribution in [0.5, 0.6) is 0 Å². The third-order valence-electron chi connectivity index (χ3n) is 2.66. The zero-order valence-electron chi connectivity index (χ0n) is 11.0. The van der Waals surface area contributed by atoms with Gasteiger partial charge in [-0.05, 0) is 62.0 Å². The van der Waals surface area contributed by atoms with Crippen molar-refractivity contribution in [1.82, 2.24) is 0 Å². The van der Waals surface area contributed by atoms with E-state index in [-0.39, 0.29) is 22.7 Å². The molecule has 1 heterocycles. The number of nitrogens with one attached hydrogen (secondary N) is 1. The molecule has 1 aromatic carbocycles. The van der Waals surface area contributed by atoms with Crippen molar-refractivity contribution in [2.75, 3.05) is 5.32 Å². The standard InChI is InChI=1S/C14H14F3NS2/c1-9-3-8-13(19-9)10(2)18-11-4-6-12(7-5-11)20-14(15,16)17/h3-8,10,18H,1-2H3. The van der Waals surface area contributed by atoms with Crippen molar-refractivity contribution in [1.29, 1.82) is 0 Å². The molecule has 0 aliphatic carbocycles. The molecular weight excluding hydrogens is 303 g/mol. The van der Waals surface area contributed by atoms with Gasteiger partial charge in [0.2, 0.25) is 0 Å². The van der Waals surface area contributed by atoms with Gasteiger partial charge in [-0.3, -0.25) is 0 Å². The van der Waals surface area contributed by atoms with Gasteiger partial charge in [-0.2, -0.15) is 13.2 Å². The Balaban J connectivity index is 2.00. The smallest absolute Gasteiger partial charge is 0.378 e. The molecule has 1 unspecified atom stereocenters. The summed E-state index contributed by atoms with van der Waals surface area (Å²) in [7, 11) is 0. The van der Waals surface area contributed by atoms with E-state index in [0.717, 1.165) is 5.69 Å². The SMILES string of the molecule is Cc1ccc(C(C)Nc2ccc(SC(F)(F)F)cc2)s1. The van der Waals surface area contributed by atoms with Gasteiger partial charge in [-0.15, -0.1) is 11.3 Å². The maximum atomic E-state index is 12.2. The molecule has 1 N–H and O–H groups in total. The fourth-order valence-electron chi connectivity index (χ4n) is 1.76. The molecule has 0 bridgehead atoms. The zero-order chi connectivity index (χ0) is 14.8. The maximum absolute atomic E-state index is 12.2. The largest absolute Gasteiger partial charge is 0.446 e. The second-order valence-corrected chi connectivity index (χ2v) is 6.84. The zero-order valence-corrected chi connectivity index (χ0v) is 12.6. The van der Waals surface area contributed by atoms with E-state index in [1.807, 2.05) is 13.8 Å². The average Bonchev–Trinajstić information content (AvgIpc) is 2.77. The predicted molar refractivity (Wildman–Crippen MR) is 79.4 cm³/mol. The van der Waals surface area contributed by atoms with E-state index in [1.165, 1.54) is 21.9 Å². The van der Waals surface area contributed by atoms with Crippen molar-refractivity contribution in [3.63, 3.8) is 0 Å². The van der Waals surface area contributed by atoms with Gasteiger partial charge >= 0.3 is 5.51 Å². The number of benzene rings is 1. The highest BCUT2D eigenvalue weighted by atomic mass is 32.2. The summed E-state index contributed by atoms with van der Waals surface area (Å²) in [4.78, 5) is 2.64. The van der Waals surface area contributed by atoms with E-state index < -0.39 is 5.51 Å². The lowest BCUT2D eigenvalue weighted by atomic mass is 10.2. The van der Waals surface area contributed by atoms with Crippen LogP contribution in [-0.4, -0.2) is 5.51 Å². The summed E-state index contributed by atoms with van der Waals surface area (Å²) in [6.07, 6.45) is 0. The molecule has 0 fully saturated rings. The van der Waals surface area contributed by atoms with E-state index in [0.29, 0.717) is 0 Å². The Bertz CT molecular complexity index is 561. The second kappa shape index (κ2) is 6.10. The summed E-state index contributed by atoms with van der Waals surface area (Å²) >= 11 is 1.61. The number of halogens is 3. The third-order valence-corrected chi connectivity index (χ3v) is 4.58. The summed E-state index contributed by atoms with van der Waals surface area (Å²) in [5, 5.41) is 3.28. The van der Waals surface area contributed by atoms with Crippen molar-refractivity contribution in [3.8, 4) is 0 Å².